The van der Waals surface area contributed by atoms with Crippen LogP contribution in [-0.2, 0) is 28.5 Å². The van der Waals surface area contributed by atoms with Crippen molar-refractivity contribution in [2.75, 3.05) is 28.4 Å². The molecule has 0 fully saturated rings. The second kappa shape index (κ2) is 8.33. The van der Waals surface area contributed by atoms with Gasteiger partial charge in [-0.15, -0.1) is 0 Å². The molecule has 1 aromatic carbocycles. The predicted molar refractivity (Wildman–Crippen MR) is 93.4 cm³/mol. The molecule has 0 aliphatic rings. The van der Waals surface area contributed by atoms with E-state index in [4.69, 9.17) is 18.7 Å². The van der Waals surface area contributed by atoms with Crippen LogP contribution < -0.4 is 0 Å². The number of aromatic nitrogens is 1. The second-order valence-electron chi connectivity index (χ2n) is 5.37. The van der Waals surface area contributed by atoms with Crippen molar-refractivity contribution >= 4 is 40.4 Å². The molecule has 2 rings (SSSR count). The zero-order chi connectivity index (χ0) is 21.0. The standard InChI is InChI=1S/C18H17NO9/c1-8-13-9(10(16(21)25-3)7-12(20)24-2)6-11(17(22)26-4)14(18(23)27-5)15(13)28-19-8/h6-7H,1-5H3/b10-7-. The van der Waals surface area contributed by atoms with Crippen molar-refractivity contribution in [3.8, 4) is 0 Å². The fourth-order valence-electron chi connectivity index (χ4n) is 2.59. The summed E-state index contributed by atoms with van der Waals surface area (Å²) in [6.07, 6.45) is 0.895. The van der Waals surface area contributed by atoms with Crippen LogP contribution in [0.3, 0.4) is 0 Å². The van der Waals surface area contributed by atoms with E-state index in [0.29, 0.717) is 5.69 Å². The van der Waals surface area contributed by atoms with Gasteiger partial charge in [0.1, 0.15) is 5.56 Å². The molecule has 148 valence electrons. The van der Waals surface area contributed by atoms with Gasteiger partial charge in [0.25, 0.3) is 0 Å². The minimum absolute atomic E-state index is 0.0686. The van der Waals surface area contributed by atoms with Crippen molar-refractivity contribution in [3.63, 3.8) is 0 Å². The average Bonchev–Trinajstić information content (AvgIpc) is 3.10. The molecule has 0 unspecified atom stereocenters. The first-order valence-electron chi connectivity index (χ1n) is 7.78. The molecule has 2 aromatic rings. The van der Waals surface area contributed by atoms with Crippen molar-refractivity contribution < 1.29 is 42.6 Å². The maximum Gasteiger partial charge on any atom is 0.342 e. The summed E-state index contributed by atoms with van der Waals surface area (Å²) < 4.78 is 24.0. The number of rotatable bonds is 5. The third-order valence-corrected chi connectivity index (χ3v) is 3.87. The van der Waals surface area contributed by atoms with Crippen LogP contribution in [0.1, 0.15) is 32.0 Å². The number of ether oxygens (including phenoxy) is 4. The monoisotopic (exact) mass is 391 g/mol. The molecular weight excluding hydrogens is 374 g/mol. The van der Waals surface area contributed by atoms with Crippen LogP contribution in [0, 0.1) is 6.92 Å². The van der Waals surface area contributed by atoms with E-state index in [9.17, 15) is 19.2 Å². The Morgan fingerprint density at radius 2 is 1.57 bits per heavy atom. The Balaban J connectivity index is 3.01. The van der Waals surface area contributed by atoms with Gasteiger partial charge in [-0.1, -0.05) is 5.16 Å². The first-order valence-corrected chi connectivity index (χ1v) is 7.78. The van der Waals surface area contributed by atoms with E-state index in [1.165, 1.54) is 6.07 Å². The minimum Gasteiger partial charge on any atom is -0.466 e. The zero-order valence-electron chi connectivity index (χ0n) is 15.8. The topological polar surface area (TPSA) is 131 Å². The van der Waals surface area contributed by atoms with Gasteiger partial charge in [0.2, 0.25) is 0 Å². The molecule has 0 N–H and O–H groups in total. The molecule has 0 saturated heterocycles. The Kier molecular flexibility index (Phi) is 6.14. The van der Waals surface area contributed by atoms with E-state index in [1.807, 2.05) is 0 Å². The lowest BCUT2D eigenvalue weighted by atomic mass is 9.93. The summed E-state index contributed by atoms with van der Waals surface area (Å²) >= 11 is 0. The average molecular weight is 391 g/mol. The van der Waals surface area contributed by atoms with Crippen molar-refractivity contribution in [1.82, 2.24) is 5.16 Å². The highest BCUT2D eigenvalue weighted by atomic mass is 16.5. The number of hydrogen-bond donors (Lipinski definition) is 0. The molecule has 0 aliphatic carbocycles. The van der Waals surface area contributed by atoms with Gasteiger partial charge in [0.15, 0.2) is 5.58 Å². The molecule has 0 saturated carbocycles. The highest BCUT2D eigenvalue weighted by Crippen LogP contribution is 2.34. The quantitative estimate of drug-likeness (QED) is 0.419. The van der Waals surface area contributed by atoms with E-state index < -0.39 is 23.9 Å². The third kappa shape index (κ3) is 3.56. The van der Waals surface area contributed by atoms with Crippen LogP contribution in [0.5, 0.6) is 0 Å². The highest BCUT2D eigenvalue weighted by Gasteiger charge is 2.30. The fourth-order valence-corrected chi connectivity index (χ4v) is 2.59. The van der Waals surface area contributed by atoms with E-state index in [0.717, 1.165) is 34.5 Å². The summed E-state index contributed by atoms with van der Waals surface area (Å²) in [5.41, 5.74) is -0.442. The Bertz CT molecular complexity index is 1000. The van der Waals surface area contributed by atoms with Gasteiger partial charge in [0, 0.05) is 11.6 Å². The van der Waals surface area contributed by atoms with Crippen LogP contribution in [-0.4, -0.2) is 57.5 Å². The van der Waals surface area contributed by atoms with Gasteiger partial charge in [-0.05, 0) is 13.0 Å². The third-order valence-electron chi connectivity index (χ3n) is 3.87. The fraction of sp³-hybridized carbons (Fsp3) is 0.278. The summed E-state index contributed by atoms with van der Waals surface area (Å²) in [5, 5.41) is 4.01. The smallest absolute Gasteiger partial charge is 0.342 e. The number of nitrogens with zero attached hydrogens (tertiary/aromatic N) is 1. The minimum atomic E-state index is -0.889. The predicted octanol–water partition coefficient (Wildman–Crippen LogP) is 1.44. The summed E-state index contributed by atoms with van der Waals surface area (Å²) in [5.74, 6) is -3.47. The second-order valence-corrected chi connectivity index (χ2v) is 5.37. The molecule has 10 heteroatoms. The number of esters is 4. The van der Waals surface area contributed by atoms with E-state index >= 15 is 0 Å². The molecule has 0 aliphatic heterocycles. The number of carbonyl (C=O) groups is 4. The Morgan fingerprint density at radius 3 is 2.11 bits per heavy atom. The zero-order valence-corrected chi connectivity index (χ0v) is 15.8. The number of aryl methyl sites for hydroxylation is 1. The van der Waals surface area contributed by atoms with Crippen molar-refractivity contribution in [1.29, 1.82) is 0 Å². The normalized spacial score (nSPS) is 11.1. The maximum atomic E-state index is 12.3. The van der Waals surface area contributed by atoms with Crippen molar-refractivity contribution in [2.45, 2.75) is 6.92 Å². The highest BCUT2D eigenvalue weighted by molar-refractivity contribution is 6.25. The molecule has 1 aromatic heterocycles. The number of methoxy groups -OCH3 is 4. The van der Waals surface area contributed by atoms with Gasteiger partial charge >= 0.3 is 23.9 Å². The largest absolute Gasteiger partial charge is 0.466 e. The Labute approximate surface area is 159 Å². The van der Waals surface area contributed by atoms with E-state index in [2.05, 4.69) is 9.89 Å². The van der Waals surface area contributed by atoms with Crippen LogP contribution in [0.15, 0.2) is 16.7 Å². The van der Waals surface area contributed by atoms with E-state index in [1.54, 1.807) is 6.92 Å². The summed E-state index contributed by atoms with van der Waals surface area (Å²) in [7, 11) is 4.50. The molecule has 0 amide bonds. The van der Waals surface area contributed by atoms with Crippen molar-refractivity contribution in [2.24, 2.45) is 0 Å². The Hall–Kier alpha value is -3.69. The van der Waals surface area contributed by atoms with Crippen LogP contribution >= 0.6 is 0 Å². The molecule has 10 nitrogen and oxygen atoms in total. The van der Waals surface area contributed by atoms with Crippen molar-refractivity contribution in [3.05, 3.63) is 34.5 Å². The van der Waals surface area contributed by atoms with Gasteiger partial charge < -0.3 is 23.5 Å². The van der Waals surface area contributed by atoms with Gasteiger partial charge in [0.05, 0.1) is 50.7 Å². The number of carbonyl (C=O) groups excluding carboxylic acids is 4. The van der Waals surface area contributed by atoms with Gasteiger partial charge in [-0.2, -0.15) is 0 Å². The number of fused-ring (bicyclic) bond motifs is 1. The maximum absolute atomic E-state index is 12.3. The molecule has 28 heavy (non-hydrogen) atoms. The molecule has 0 bridgehead atoms. The summed E-state index contributed by atoms with van der Waals surface area (Å²) in [6, 6.07) is 1.20. The van der Waals surface area contributed by atoms with Gasteiger partial charge in [-0.3, -0.25) is 0 Å². The first kappa shape index (κ1) is 20.6. The van der Waals surface area contributed by atoms with Gasteiger partial charge in [-0.25, -0.2) is 19.2 Å². The van der Waals surface area contributed by atoms with Crippen LogP contribution in [0.25, 0.3) is 16.5 Å². The molecule has 0 atom stereocenters. The lowest BCUT2D eigenvalue weighted by Crippen LogP contribution is -2.15. The molecule has 0 radical (unpaired) electrons. The first-order chi connectivity index (χ1) is 13.3. The number of hydrogen-bond acceptors (Lipinski definition) is 10. The molecule has 0 spiro atoms. The number of benzene rings is 1. The molecular formula is C18H17NO9. The lowest BCUT2D eigenvalue weighted by molar-refractivity contribution is -0.136. The summed E-state index contributed by atoms with van der Waals surface area (Å²) in [4.78, 5) is 48.6. The lowest BCUT2D eigenvalue weighted by Gasteiger charge is -2.12. The van der Waals surface area contributed by atoms with Crippen LogP contribution in [0.2, 0.25) is 0 Å². The van der Waals surface area contributed by atoms with E-state index in [-0.39, 0.29) is 33.2 Å². The Morgan fingerprint density at radius 1 is 0.929 bits per heavy atom. The molecule has 1 heterocycles. The van der Waals surface area contributed by atoms with Crippen LogP contribution in [0.4, 0.5) is 0 Å². The SMILES string of the molecule is COC(=O)/C=C(\C(=O)OC)c1cc(C(=O)OC)c(C(=O)OC)c2onc(C)c12. The summed E-state index contributed by atoms with van der Waals surface area (Å²) in [6.45, 7) is 1.56.